The van der Waals surface area contributed by atoms with Gasteiger partial charge in [0.05, 0.1) is 12.3 Å². The number of furan rings is 1. The zero-order chi connectivity index (χ0) is 22.2. The lowest BCUT2D eigenvalue weighted by Crippen LogP contribution is -2.57. The number of primary amides is 1. The predicted octanol–water partition coefficient (Wildman–Crippen LogP) is 0.876. The van der Waals surface area contributed by atoms with Crippen molar-refractivity contribution in [2.24, 2.45) is 5.73 Å². The first kappa shape index (κ1) is 22.6. The molecule has 1 aliphatic carbocycles. The van der Waals surface area contributed by atoms with Crippen molar-refractivity contribution < 1.29 is 23.6 Å². The molecule has 0 unspecified atom stereocenters. The number of likely N-dealkylation sites (tertiary alicyclic amines) is 1. The molecular formula is C21H31N5O5. The van der Waals surface area contributed by atoms with E-state index in [0.717, 1.165) is 25.7 Å². The lowest BCUT2D eigenvalue weighted by Gasteiger charge is -2.28. The third kappa shape index (κ3) is 6.22. The van der Waals surface area contributed by atoms with Gasteiger partial charge in [-0.3, -0.25) is 14.4 Å². The highest BCUT2D eigenvalue weighted by atomic mass is 16.3. The number of hydrogen-bond acceptors (Lipinski definition) is 5. The minimum Gasteiger partial charge on any atom is -0.459 e. The molecule has 10 heteroatoms. The van der Waals surface area contributed by atoms with Gasteiger partial charge in [0.1, 0.15) is 6.04 Å². The molecule has 10 nitrogen and oxygen atoms in total. The lowest BCUT2D eigenvalue weighted by atomic mass is 9.96. The van der Waals surface area contributed by atoms with E-state index in [4.69, 9.17) is 10.2 Å². The highest BCUT2D eigenvalue weighted by Crippen LogP contribution is 2.22. The molecule has 5 amide bonds. The molecule has 0 radical (unpaired) electrons. The van der Waals surface area contributed by atoms with Crippen LogP contribution < -0.4 is 21.7 Å². The molecule has 2 atom stereocenters. The number of hydrogen-bond donors (Lipinski definition) is 4. The summed E-state index contributed by atoms with van der Waals surface area (Å²) in [5.41, 5.74) is 5.13. The van der Waals surface area contributed by atoms with Crippen LogP contribution >= 0.6 is 0 Å². The average Bonchev–Trinajstić information content (AvgIpc) is 3.41. The monoisotopic (exact) mass is 433 g/mol. The maximum absolute atomic E-state index is 12.9. The summed E-state index contributed by atoms with van der Waals surface area (Å²) in [6, 6.07) is 1.56. The first-order chi connectivity index (χ1) is 15.0. The molecule has 1 saturated heterocycles. The van der Waals surface area contributed by atoms with E-state index in [1.807, 2.05) is 0 Å². The van der Waals surface area contributed by atoms with Gasteiger partial charge in [-0.05, 0) is 37.8 Å². The van der Waals surface area contributed by atoms with Gasteiger partial charge in [0.2, 0.25) is 11.8 Å². The molecule has 1 aromatic rings. The van der Waals surface area contributed by atoms with Crippen LogP contribution in [0.25, 0.3) is 0 Å². The highest BCUT2D eigenvalue weighted by molar-refractivity contribution is 5.96. The Bertz CT molecular complexity index is 775. The number of urea groups is 1. The molecule has 2 aliphatic rings. The fourth-order valence-corrected chi connectivity index (χ4v) is 4.26. The van der Waals surface area contributed by atoms with Crippen molar-refractivity contribution in [3.63, 3.8) is 0 Å². The molecule has 0 bridgehead atoms. The second-order valence-corrected chi connectivity index (χ2v) is 8.13. The van der Waals surface area contributed by atoms with Gasteiger partial charge in [0.25, 0.3) is 5.91 Å². The van der Waals surface area contributed by atoms with Crippen molar-refractivity contribution in [2.75, 3.05) is 13.1 Å². The molecule has 1 aliphatic heterocycles. The van der Waals surface area contributed by atoms with Gasteiger partial charge in [0.15, 0.2) is 5.76 Å². The first-order valence-electron chi connectivity index (χ1n) is 10.9. The van der Waals surface area contributed by atoms with Gasteiger partial charge in [0, 0.05) is 25.6 Å². The summed E-state index contributed by atoms with van der Waals surface area (Å²) in [4.78, 5) is 50.7. The van der Waals surface area contributed by atoms with Crippen LogP contribution in [0.2, 0.25) is 0 Å². The largest absolute Gasteiger partial charge is 0.459 e. The molecule has 1 aromatic heterocycles. The van der Waals surface area contributed by atoms with Crippen molar-refractivity contribution in [3.05, 3.63) is 24.2 Å². The molecule has 0 aromatic carbocycles. The third-order valence-corrected chi connectivity index (χ3v) is 5.82. The van der Waals surface area contributed by atoms with Crippen LogP contribution in [-0.4, -0.2) is 59.9 Å². The topological polar surface area (TPSA) is 147 Å². The fraction of sp³-hybridized carbons (Fsp3) is 0.619. The predicted molar refractivity (Wildman–Crippen MR) is 112 cm³/mol. The standard InChI is InChI=1S/C21H31N5O5/c22-17(27)9-4-11-23-19(28)18-15(25-21(30)24-14-6-2-1-3-7-14)10-12-26(18)20(29)16-8-5-13-31-16/h5,8,13-15,18H,1-4,6-7,9-12H2,(H2,22,27)(H,23,28)(H2,24,25,30)/t15-,18-/m0/s1. The van der Waals surface area contributed by atoms with Crippen LogP contribution in [0.1, 0.15) is 61.9 Å². The Kier molecular flexibility index (Phi) is 7.91. The maximum Gasteiger partial charge on any atom is 0.315 e. The molecule has 2 heterocycles. The Morgan fingerprint density at radius 2 is 1.87 bits per heavy atom. The number of nitrogens with zero attached hydrogens (tertiary/aromatic N) is 1. The Labute approximate surface area is 181 Å². The summed E-state index contributed by atoms with van der Waals surface area (Å²) >= 11 is 0. The van der Waals surface area contributed by atoms with E-state index in [0.29, 0.717) is 19.4 Å². The minimum absolute atomic E-state index is 0.136. The summed E-state index contributed by atoms with van der Waals surface area (Å²) in [6.07, 6.45) is 7.68. The van der Waals surface area contributed by atoms with Crippen molar-refractivity contribution in [2.45, 2.75) is 69.5 Å². The van der Waals surface area contributed by atoms with Crippen molar-refractivity contribution in [1.82, 2.24) is 20.9 Å². The Balaban J connectivity index is 1.64. The number of carbonyl (C=O) groups excluding carboxylic acids is 4. The van der Waals surface area contributed by atoms with Crippen LogP contribution in [0, 0.1) is 0 Å². The van der Waals surface area contributed by atoms with E-state index < -0.39 is 23.9 Å². The molecule has 0 spiro atoms. The van der Waals surface area contributed by atoms with Gasteiger partial charge in [-0.15, -0.1) is 0 Å². The SMILES string of the molecule is NC(=O)CCCNC(=O)[C@@H]1[C@@H](NC(=O)NC2CCCCC2)CCN1C(=O)c1ccco1. The van der Waals surface area contributed by atoms with Crippen LogP contribution in [0.4, 0.5) is 4.79 Å². The average molecular weight is 434 g/mol. The van der Waals surface area contributed by atoms with Crippen LogP contribution in [0.15, 0.2) is 22.8 Å². The Morgan fingerprint density at radius 1 is 1.10 bits per heavy atom. The van der Waals surface area contributed by atoms with Crippen LogP contribution in [-0.2, 0) is 9.59 Å². The van der Waals surface area contributed by atoms with Gasteiger partial charge in [-0.25, -0.2) is 4.79 Å². The summed E-state index contributed by atoms with van der Waals surface area (Å²) in [5.74, 6) is -1.09. The van der Waals surface area contributed by atoms with Crippen LogP contribution in [0.3, 0.4) is 0 Å². The minimum atomic E-state index is -0.872. The molecule has 1 saturated carbocycles. The van der Waals surface area contributed by atoms with Crippen molar-refractivity contribution in [3.8, 4) is 0 Å². The third-order valence-electron chi connectivity index (χ3n) is 5.82. The normalized spacial score (nSPS) is 21.5. The number of amides is 5. The summed E-state index contributed by atoms with van der Waals surface area (Å²) in [6.45, 7) is 0.565. The summed E-state index contributed by atoms with van der Waals surface area (Å²) in [5, 5.41) is 8.62. The number of rotatable bonds is 8. The molecular weight excluding hydrogens is 402 g/mol. The van der Waals surface area contributed by atoms with Gasteiger partial charge >= 0.3 is 6.03 Å². The Morgan fingerprint density at radius 3 is 2.55 bits per heavy atom. The van der Waals surface area contributed by atoms with E-state index in [9.17, 15) is 19.2 Å². The summed E-state index contributed by atoms with van der Waals surface area (Å²) < 4.78 is 5.20. The lowest BCUT2D eigenvalue weighted by molar-refractivity contribution is -0.125. The molecule has 2 fully saturated rings. The van der Waals surface area contributed by atoms with E-state index in [2.05, 4.69) is 16.0 Å². The second-order valence-electron chi connectivity index (χ2n) is 8.13. The second kappa shape index (κ2) is 10.8. The van der Waals surface area contributed by atoms with Crippen molar-refractivity contribution in [1.29, 1.82) is 0 Å². The Hall–Kier alpha value is -3.04. The number of nitrogens with one attached hydrogen (secondary N) is 3. The van der Waals surface area contributed by atoms with E-state index in [-0.39, 0.29) is 36.7 Å². The van der Waals surface area contributed by atoms with E-state index in [1.165, 1.54) is 17.6 Å². The molecule has 3 rings (SSSR count). The van der Waals surface area contributed by atoms with Crippen molar-refractivity contribution >= 4 is 23.8 Å². The van der Waals surface area contributed by atoms with Crippen LogP contribution in [0.5, 0.6) is 0 Å². The molecule has 170 valence electrons. The molecule has 5 N–H and O–H groups in total. The van der Waals surface area contributed by atoms with E-state index >= 15 is 0 Å². The maximum atomic E-state index is 12.9. The van der Waals surface area contributed by atoms with Gasteiger partial charge < -0.3 is 31.0 Å². The quantitative estimate of drug-likeness (QED) is 0.449. The van der Waals surface area contributed by atoms with Gasteiger partial charge in [-0.2, -0.15) is 0 Å². The van der Waals surface area contributed by atoms with E-state index in [1.54, 1.807) is 12.1 Å². The summed E-state index contributed by atoms with van der Waals surface area (Å²) in [7, 11) is 0. The smallest absolute Gasteiger partial charge is 0.315 e. The zero-order valence-corrected chi connectivity index (χ0v) is 17.6. The highest BCUT2D eigenvalue weighted by Gasteiger charge is 2.43. The first-order valence-corrected chi connectivity index (χ1v) is 10.9. The number of carbonyl (C=O) groups is 4. The van der Waals surface area contributed by atoms with Gasteiger partial charge in [-0.1, -0.05) is 19.3 Å². The number of nitrogens with two attached hydrogens (primary N) is 1. The fourth-order valence-electron chi connectivity index (χ4n) is 4.26. The molecule has 31 heavy (non-hydrogen) atoms. The zero-order valence-electron chi connectivity index (χ0n) is 17.6.